The van der Waals surface area contributed by atoms with Crippen LogP contribution in [0.25, 0.3) is 0 Å². The standard InChI is InChI=1S/C20H41NO.C2H6/c1-4-5-6-7-11-14-17-21-18-15-12-9-8-10-13-16-20(22)19(2)3;1-2/h19,21H,4-18H2,1-3H3;1-2H3. The molecule has 146 valence electrons. The lowest BCUT2D eigenvalue weighted by atomic mass is 10.0. The summed E-state index contributed by atoms with van der Waals surface area (Å²) < 4.78 is 0. The normalized spacial score (nSPS) is 10.6. The van der Waals surface area contributed by atoms with Crippen LogP contribution < -0.4 is 5.32 Å². The van der Waals surface area contributed by atoms with E-state index in [4.69, 9.17) is 0 Å². The van der Waals surface area contributed by atoms with E-state index in [1.807, 2.05) is 27.7 Å². The van der Waals surface area contributed by atoms with Crippen molar-refractivity contribution in [2.75, 3.05) is 13.1 Å². The minimum Gasteiger partial charge on any atom is -0.317 e. The molecule has 0 unspecified atom stereocenters. The number of rotatable bonds is 17. The van der Waals surface area contributed by atoms with E-state index in [9.17, 15) is 4.79 Å². The Morgan fingerprint density at radius 1 is 0.708 bits per heavy atom. The van der Waals surface area contributed by atoms with Crippen molar-refractivity contribution in [3.63, 3.8) is 0 Å². The molecule has 0 aromatic carbocycles. The van der Waals surface area contributed by atoms with Gasteiger partial charge < -0.3 is 5.32 Å². The quantitative estimate of drug-likeness (QED) is 0.291. The van der Waals surface area contributed by atoms with Crippen LogP contribution in [-0.4, -0.2) is 18.9 Å². The number of carbonyl (C=O) groups is 1. The lowest BCUT2D eigenvalue weighted by Gasteiger charge is -2.06. The van der Waals surface area contributed by atoms with Crippen LogP contribution in [0.3, 0.4) is 0 Å². The highest BCUT2D eigenvalue weighted by molar-refractivity contribution is 5.80. The predicted molar refractivity (Wildman–Crippen MR) is 110 cm³/mol. The van der Waals surface area contributed by atoms with Crippen molar-refractivity contribution in [2.45, 2.75) is 118 Å². The molecule has 0 spiro atoms. The van der Waals surface area contributed by atoms with Crippen molar-refractivity contribution in [3.8, 4) is 0 Å². The largest absolute Gasteiger partial charge is 0.317 e. The first-order valence-corrected chi connectivity index (χ1v) is 10.9. The van der Waals surface area contributed by atoms with E-state index in [0.717, 1.165) is 12.8 Å². The molecule has 0 aliphatic carbocycles. The maximum absolute atomic E-state index is 11.5. The third-order valence-electron chi connectivity index (χ3n) is 4.38. The predicted octanol–water partition coefficient (Wildman–Crippen LogP) is 6.92. The van der Waals surface area contributed by atoms with Crippen LogP contribution >= 0.6 is 0 Å². The van der Waals surface area contributed by atoms with Gasteiger partial charge in [0, 0.05) is 12.3 Å². The molecule has 0 rings (SSSR count). The van der Waals surface area contributed by atoms with Crippen molar-refractivity contribution in [1.29, 1.82) is 0 Å². The Bertz CT molecular complexity index is 238. The Morgan fingerprint density at radius 2 is 1.12 bits per heavy atom. The molecule has 1 N–H and O–H groups in total. The fourth-order valence-electron chi connectivity index (χ4n) is 2.70. The third-order valence-corrected chi connectivity index (χ3v) is 4.38. The molecule has 0 saturated heterocycles. The highest BCUT2D eigenvalue weighted by Gasteiger charge is 2.05. The summed E-state index contributed by atoms with van der Waals surface area (Å²) in [4.78, 5) is 11.5. The monoisotopic (exact) mass is 341 g/mol. The molecule has 0 aromatic rings. The van der Waals surface area contributed by atoms with E-state index >= 15 is 0 Å². The van der Waals surface area contributed by atoms with Crippen LogP contribution in [-0.2, 0) is 4.79 Å². The SMILES string of the molecule is CC.CCCCCCCCNCCCCCCCCC(=O)C(C)C. The number of nitrogens with one attached hydrogen (secondary N) is 1. The van der Waals surface area contributed by atoms with Gasteiger partial charge in [0.2, 0.25) is 0 Å². The van der Waals surface area contributed by atoms with Crippen LogP contribution in [0.15, 0.2) is 0 Å². The van der Waals surface area contributed by atoms with Gasteiger partial charge in [-0.15, -0.1) is 0 Å². The topological polar surface area (TPSA) is 29.1 Å². The Balaban J connectivity index is 0. The Kier molecular flexibility index (Phi) is 24.4. The number of hydrogen-bond donors (Lipinski definition) is 1. The fraction of sp³-hybridized carbons (Fsp3) is 0.955. The zero-order valence-electron chi connectivity index (χ0n) is 17.6. The Labute approximate surface area is 153 Å². The summed E-state index contributed by atoms with van der Waals surface area (Å²) in [5, 5.41) is 3.56. The number of hydrogen-bond acceptors (Lipinski definition) is 2. The molecule has 0 aliphatic rings. The summed E-state index contributed by atoms with van der Waals surface area (Å²) in [5.74, 6) is 0.650. The summed E-state index contributed by atoms with van der Waals surface area (Å²) in [6.07, 6.45) is 16.7. The second-order valence-corrected chi connectivity index (χ2v) is 7.01. The molecule has 0 saturated carbocycles. The van der Waals surface area contributed by atoms with Gasteiger partial charge in [-0.2, -0.15) is 0 Å². The highest BCUT2D eigenvalue weighted by Crippen LogP contribution is 2.09. The molecular formula is C22H47NO. The van der Waals surface area contributed by atoms with E-state index in [2.05, 4.69) is 12.2 Å². The first-order valence-electron chi connectivity index (χ1n) is 10.9. The molecule has 0 aliphatic heterocycles. The molecule has 0 aromatic heterocycles. The summed E-state index contributed by atoms with van der Waals surface area (Å²) >= 11 is 0. The smallest absolute Gasteiger partial charge is 0.135 e. The van der Waals surface area contributed by atoms with Crippen molar-refractivity contribution in [1.82, 2.24) is 5.32 Å². The van der Waals surface area contributed by atoms with E-state index < -0.39 is 0 Å². The van der Waals surface area contributed by atoms with Gasteiger partial charge in [0.05, 0.1) is 0 Å². The van der Waals surface area contributed by atoms with Crippen molar-refractivity contribution in [2.24, 2.45) is 5.92 Å². The lowest BCUT2D eigenvalue weighted by Crippen LogP contribution is -2.16. The molecule has 2 nitrogen and oxygen atoms in total. The molecule has 2 heteroatoms. The fourth-order valence-corrected chi connectivity index (χ4v) is 2.70. The van der Waals surface area contributed by atoms with E-state index in [1.165, 1.54) is 83.7 Å². The second kappa shape index (κ2) is 22.6. The molecule has 0 radical (unpaired) electrons. The maximum Gasteiger partial charge on any atom is 0.135 e. The molecule has 0 amide bonds. The highest BCUT2D eigenvalue weighted by atomic mass is 16.1. The average Bonchev–Trinajstić information content (AvgIpc) is 2.59. The van der Waals surface area contributed by atoms with Crippen LogP contribution in [0.1, 0.15) is 118 Å². The number of ketones is 1. The molecule has 0 fully saturated rings. The van der Waals surface area contributed by atoms with Gasteiger partial charge in [-0.3, -0.25) is 4.79 Å². The summed E-state index contributed by atoms with van der Waals surface area (Å²) in [6.45, 7) is 12.7. The lowest BCUT2D eigenvalue weighted by molar-refractivity contribution is -0.122. The Morgan fingerprint density at radius 3 is 1.58 bits per heavy atom. The van der Waals surface area contributed by atoms with Crippen LogP contribution in [0.2, 0.25) is 0 Å². The molecule has 0 bridgehead atoms. The van der Waals surface area contributed by atoms with E-state index in [0.29, 0.717) is 5.78 Å². The summed E-state index contributed by atoms with van der Waals surface area (Å²) in [7, 11) is 0. The zero-order valence-corrected chi connectivity index (χ0v) is 17.6. The first-order chi connectivity index (χ1) is 11.7. The number of Topliss-reactive ketones (excluding diaryl/α,β-unsaturated/α-hetero) is 1. The summed E-state index contributed by atoms with van der Waals surface area (Å²) in [5.41, 5.74) is 0. The second-order valence-electron chi connectivity index (χ2n) is 7.01. The molecule has 24 heavy (non-hydrogen) atoms. The van der Waals surface area contributed by atoms with Crippen LogP contribution in [0.4, 0.5) is 0 Å². The molecule has 0 atom stereocenters. The Hall–Kier alpha value is -0.370. The molecule has 0 heterocycles. The van der Waals surface area contributed by atoms with E-state index in [-0.39, 0.29) is 5.92 Å². The van der Waals surface area contributed by atoms with Gasteiger partial charge in [0.15, 0.2) is 0 Å². The first kappa shape index (κ1) is 25.9. The van der Waals surface area contributed by atoms with Crippen LogP contribution in [0, 0.1) is 5.92 Å². The third kappa shape index (κ3) is 21.6. The van der Waals surface area contributed by atoms with Crippen LogP contribution in [0.5, 0.6) is 0 Å². The van der Waals surface area contributed by atoms with Gasteiger partial charge in [-0.1, -0.05) is 92.4 Å². The zero-order chi connectivity index (χ0) is 18.5. The molecular weight excluding hydrogens is 294 g/mol. The minimum absolute atomic E-state index is 0.220. The van der Waals surface area contributed by atoms with Gasteiger partial charge in [-0.05, 0) is 32.4 Å². The minimum atomic E-state index is 0.220. The van der Waals surface area contributed by atoms with Crippen molar-refractivity contribution >= 4 is 5.78 Å². The maximum atomic E-state index is 11.5. The number of carbonyl (C=O) groups excluding carboxylic acids is 1. The van der Waals surface area contributed by atoms with Gasteiger partial charge in [-0.25, -0.2) is 0 Å². The van der Waals surface area contributed by atoms with Gasteiger partial charge >= 0.3 is 0 Å². The van der Waals surface area contributed by atoms with Crippen molar-refractivity contribution < 1.29 is 4.79 Å². The number of unbranched alkanes of at least 4 members (excludes halogenated alkanes) is 10. The van der Waals surface area contributed by atoms with Crippen molar-refractivity contribution in [3.05, 3.63) is 0 Å². The van der Waals surface area contributed by atoms with Gasteiger partial charge in [0.1, 0.15) is 5.78 Å². The van der Waals surface area contributed by atoms with Gasteiger partial charge in [0.25, 0.3) is 0 Å². The van der Waals surface area contributed by atoms with E-state index in [1.54, 1.807) is 0 Å². The summed E-state index contributed by atoms with van der Waals surface area (Å²) in [6, 6.07) is 0. The average molecular weight is 342 g/mol.